The monoisotopic (exact) mass is 233 g/mol. The SMILES string of the molecule is CC(=O)c1c(O)c2cccc(C)c2[nH]c1=S. The Hall–Kier alpha value is -1.68. The standard InChI is InChI=1S/C12H11NO2S/c1-6-4-3-5-8-10(6)13-12(16)9(7(2)14)11(8)15/h3-5H,1-2H3,(H2,13,15,16). The molecule has 2 N–H and O–H groups in total. The smallest absolute Gasteiger partial charge is 0.166 e. The van der Waals surface area contributed by atoms with Gasteiger partial charge in [-0.25, -0.2) is 0 Å². The van der Waals surface area contributed by atoms with E-state index >= 15 is 0 Å². The van der Waals surface area contributed by atoms with E-state index in [2.05, 4.69) is 4.98 Å². The number of para-hydroxylation sites is 1. The first kappa shape index (κ1) is 10.8. The van der Waals surface area contributed by atoms with Crippen molar-refractivity contribution in [3.63, 3.8) is 0 Å². The largest absolute Gasteiger partial charge is 0.506 e. The molecule has 1 aromatic carbocycles. The van der Waals surface area contributed by atoms with Crippen molar-refractivity contribution < 1.29 is 9.90 Å². The van der Waals surface area contributed by atoms with E-state index in [0.717, 1.165) is 11.1 Å². The highest BCUT2D eigenvalue weighted by Crippen LogP contribution is 2.29. The predicted octanol–water partition coefficient (Wildman–Crippen LogP) is 3.11. The molecule has 0 aliphatic heterocycles. The van der Waals surface area contributed by atoms with Crippen LogP contribution in [0.15, 0.2) is 18.2 Å². The fraction of sp³-hybridized carbons (Fsp3) is 0.167. The minimum atomic E-state index is -0.234. The first-order valence-corrected chi connectivity index (χ1v) is 5.28. The molecule has 1 heterocycles. The van der Waals surface area contributed by atoms with Crippen molar-refractivity contribution in [2.75, 3.05) is 0 Å². The maximum atomic E-state index is 11.4. The van der Waals surface area contributed by atoms with Crippen LogP contribution >= 0.6 is 12.2 Å². The Morgan fingerprint density at radius 2 is 2.12 bits per heavy atom. The summed E-state index contributed by atoms with van der Waals surface area (Å²) in [5.41, 5.74) is 1.94. The van der Waals surface area contributed by atoms with E-state index in [-0.39, 0.29) is 21.7 Å². The van der Waals surface area contributed by atoms with Crippen molar-refractivity contribution in [3.8, 4) is 5.75 Å². The highest BCUT2D eigenvalue weighted by atomic mass is 32.1. The number of Topliss-reactive ketones (excluding diaryl/α,β-unsaturated/α-hetero) is 1. The van der Waals surface area contributed by atoms with Gasteiger partial charge in [0.2, 0.25) is 0 Å². The number of nitrogens with one attached hydrogen (secondary N) is 1. The molecule has 0 saturated carbocycles. The third-order valence-corrected chi connectivity index (χ3v) is 2.89. The van der Waals surface area contributed by atoms with Gasteiger partial charge in [-0.1, -0.05) is 24.4 Å². The van der Waals surface area contributed by atoms with Gasteiger partial charge in [0, 0.05) is 5.39 Å². The number of pyridine rings is 1. The van der Waals surface area contributed by atoms with Crippen LogP contribution in [0.4, 0.5) is 0 Å². The van der Waals surface area contributed by atoms with Gasteiger partial charge in [-0.3, -0.25) is 4.79 Å². The number of aromatic nitrogens is 1. The maximum absolute atomic E-state index is 11.4. The van der Waals surface area contributed by atoms with Gasteiger partial charge in [-0.2, -0.15) is 0 Å². The molecule has 4 heteroatoms. The van der Waals surface area contributed by atoms with Crippen LogP contribution in [0, 0.1) is 11.6 Å². The second kappa shape index (κ2) is 3.72. The molecule has 1 aromatic heterocycles. The van der Waals surface area contributed by atoms with Crippen molar-refractivity contribution in [1.29, 1.82) is 0 Å². The third kappa shape index (κ3) is 1.51. The Bertz CT molecular complexity index is 643. The minimum Gasteiger partial charge on any atom is -0.506 e. The second-order valence-electron chi connectivity index (χ2n) is 3.73. The van der Waals surface area contributed by atoms with Crippen LogP contribution in [-0.4, -0.2) is 15.9 Å². The van der Waals surface area contributed by atoms with E-state index in [9.17, 15) is 9.90 Å². The molecule has 16 heavy (non-hydrogen) atoms. The van der Waals surface area contributed by atoms with Crippen molar-refractivity contribution in [2.24, 2.45) is 0 Å². The number of hydrogen-bond donors (Lipinski definition) is 2. The summed E-state index contributed by atoms with van der Waals surface area (Å²) in [6.45, 7) is 3.31. The van der Waals surface area contributed by atoms with Crippen LogP contribution in [-0.2, 0) is 0 Å². The lowest BCUT2D eigenvalue weighted by molar-refractivity contribution is 0.101. The Labute approximate surface area is 97.7 Å². The first-order chi connectivity index (χ1) is 7.52. The number of aromatic amines is 1. The number of hydrogen-bond acceptors (Lipinski definition) is 3. The van der Waals surface area contributed by atoms with Crippen molar-refractivity contribution in [1.82, 2.24) is 4.98 Å². The number of fused-ring (bicyclic) bond motifs is 1. The van der Waals surface area contributed by atoms with Gasteiger partial charge in [0.15, 0.2) is 5.78 Å². The molecule has 0 saturated heterocycles. The fourth-order valence-electron chi connectivity index (χ4n) is 1.78. The number of carbonyl (C=O) groups excluding carboxylic acids is 1. The van der Waals surface area contributed by atoms with Crippen LogP contribution in [0.3, 0.4) is 0 Å². The van der Waals surface area contributed by atoms with E-state index in [4.69, 9.17) is 12.2 Å². The number of benzene rings is 1. The zero-order chi connectivity index (χ0) is 11.9. The highest BCUT2D eigenvalue weighted by Gasteiger charge is 2.13. The van der Waals surface area contributed by atoms with Gasteiger partial charge in [-0.15, -0.1) is 0 Å². The Kier molecular flexibility index (Phi) is 2.52. The summed E-state index contributed by atoms with van der Waals surface area (Å²) in [6, 6.07) is 5.51. The van der Waals surface area contributed by atoms with Crippen LogP contribution in [0.5, 0.6) is 5.75 Å². The van der Waals surface area contributed by atoms with Gasteiger partial charge >= 0.3 is 0 Å². The van der Waals surface area contributed by atoms with Gasteiger partial charge in [0.25, 0.3) is 0 Å². The van der Waals surface area contributed by atoms with E-state index in [1.807, 2.05) is 19.1 Å². The summed E-state index contributed by atoms with van der Waals surface area (Å²) in [7, 11) is 0. The van der Waals surface area contributed by atoms with Crippen LogP contribution < -0.4 is 0 Å². The van der Waals surface area contributed by atoms with E-state index in [0.29, 0.717) is 5.39 Å². The van der Waals surface area contributed by atoms with E-state index < -0.39 is 0 Å². The normalized spacial score (nSPS) is 10.6. The summed E-state index contributed by atoms with van der Waals surface area (Å²) < 4.78 is 0.284. The average molecular weight is 233 g/mol. The van der Waals surface area contributed by atoms with Gasteiger partial charge in [0.05, 0.1) is 11.1 Å². The molecular formula is C12H11NO2S. The molecule has 0 aliphatic rings. The lowest BCUT2D eigenvalue weighted by Gasteiger charge is -2.07. The van der Waals surface area contributed by atoms with Crippen molar-refractivity contribution in [2.45, 2.75) is 13.8 Å². The number of ketones is 1. The molecule has 0 atom stereocenters. The highest BCUT2D eigenvalue weighted by molar-refractivity contribution is 7.71. The number of carbonyl (C=O) groups is 1. The first-order valence-electron chi connectivity index (χ1n) is 4.88. The molecule has 82 valence electrons. The molecule has 0 unspecified atom stereocenters. The lowest BCUT2D eigenvalue weighted by Crippen LogP contribution is -1.98. The number of aromatic hydroxyl groups is 1. The van der Waals surface area contributed by atoms with Crippen LogP contribution in [0.1, 0.15) is 22.8 Å². The second-order valence-corrected chi connectivity index (χ2v) is 4.14. The Balaban J connectivity index is 3.01. The number of H-pyrrole nitrogens is 1. The summed E-state index contributed by atoms with van der Waals surface area (Å²) in [4.78, 5) is 14.4. The lowest BCUT2D eigenvalue weighted by atomic mass is 10.1. The minimum absolute atomic E-state index is 0.0325. The van der Waals surface area contributed by atoms with E-state index in [1.54, 1.807) is 6.07 Å². The molecule has 3 nitrogen and oxygen atoms in total. The zero-order valence-electron chi connectivity index (χ0n) is 9.00. The van der Waals surface area contributed by atoms with Gasteiger partial charge < -0.3 is 10.1 Å². The zero-order valence-corrected chi connectivity index (χ0v) is 9.81. The van der Waals surface area contributed by atoms with Gasteiger partial charge in [0.1, 0.15) is 10.4 Å². The Morgan fingerprint density at radius 3 is 2.75 bits per heavy atom. The summed E-state index contributed by atoms with van der Waals surface area (Å²) >= 11 is 5.07. The molecule has 0 bridgehead atoms. The molecule has 2 aromatic rings. The van der Waals surface area contributed by atoms with Gasteiger partial charge in [-0.05, 0) is 25.5 Å². The molecule has 0 amide bonds. The van der Waals surface area contributed by atoms with Crippen molar-refractivity contribution >= 4 is 28.9 Å². The predicted molar refractivity (Wildman–Crippen MR) is 65.5 cm³/mol. The molecule has 0 fully saturated rings. The Morgan fingerprint density at radius 1 is 1.44 bits per heavy atom. The molecule has 0 radical (unpaired) electrons. The van der Waals surface area contributed by atoms with E-state index in [1.165, 1.54) is 6.92 Å². The third-order valence-electron chi connectivity index (χ3n) is 2.58. The summed E-state index contributed by atoms with van der Waals surface area (Å²) in [5.74, 6) is -0.267. The average Bonchev–Trinajstić information content (AvgIpc) is 2.19. The summed E-state index contributed by atoms with van der Waals surface area (Å²) in [5, 5.41) is 10.6. The van der Waals surface area contributed by atoms with Crippen LogP contribution in [0.25, 0.3) is 10.9 Å². The molecule has 2 rings (SSSR count). The number of rotatable bonds is 1. The topological polar surface area (TPSA) is 53.1 Å². The molecular weight excluding hydrogens is 222 g/mol. The fourth-order valence-corrected chi connectivity index (χ4v) is 2.12. The van der Waals surface area contributed by atoms with Crippen molar-refractivity contribution in [3.05, 3.63) is 34.0 Å². The summed E-state index contributed by atoms with van der Waals surface area (Å²) in [6.07, 6.45) is 0. The number of aryl methyl sites for hydroxylation is 1. The molecule has 0 spiro atoms. The quantitative estimate of drug-likeness (QED) is 0.587. The van der Waals surface area contributed by atoms with Crippen LogP contribution in [0.2, 0.25) is 0 Å². The molecule has 0 aliphatic carbocycles. The maximum Gasteiger partial charge on any atom is 0.166 e.